The van der Waals surface area contributed by atoms with Crippen molar-refractivity contribution in [3.8, 4) is 5.75 Å². The molecule has 0 N–H and O–H groups in total. The van der Waals surface area contributed by atoms with Crippen molar-refractivity contribution in [2.45, 2.75) is 24.4 Å². The number of anilines is 1. The summed E-state index contributed by atoms with van der Waals surface area (Å²) in [5.74, 6) is 0.891. The molecule has 2 atom stereocenters. The van der Waals surface area contributed by atoms with Crippen LogP contribution in [-0.2, 0) is 14.9 Å². The van der Waals surface area contributed by atoms with Crippen molar-refractivity contribution in [1.82, 2.24) is 0 Å². The molecule has 25 heavy (non-hydrogen) atoms. The minimum atomic E-state index is -0.731. The van der Waals surface area contributed by atoms with Gasteiger partial charge in [0.2, 0.25) is 5.91 Å². The van der Waals surface area contributed by atoms with E-state index >= 15 is 0 Å². The molecule has 1 saturated heterocycles. The molecule has 1 spiro atoms. The molecular weight excluding hydrogens is 382 g/mol. The highest BCUT2D eigenvalue weighted by Crippen LogP contribution is 2.52. The third-order valence-electron chi connectivity index (χ3n) is 5.52. The molecule has 3 aliphatic heterocycles. The standard InChI is InChI=1S/C20H18BrNO3/c21-13-7-8-16-18(10-13)25-12-20(16)15-5-1-2-6-17(15)22(19(20)23)11-14-4-3-9-24-14/h1-2,5-8,10,14H,3-4,9,11-12H2. The number of nitrogens with zero attached hydrogens (tertiary/aromatic N) is 1. The number of hydrogen-bond donors (Lipinski definition) is 0. The maximum absolute atomic E-state index is 13.6. The Morgan fingerprint density at radius 3 is 2.92 bits per heavy atom. The molecule has 2 aromatic rings. The Morgan fingerprint density at radius 2 is 2.08 bits per heavy atom. The SMILES string of the molecule is O=C1N(CC2CCCO2)c2ccccc2C12COc1cc(Br)ccc12. The minimum absolute atomic E-state index is 0.102. The Balaban J connectivity index is 1.63. The molecule has 0 aliphatic carbocycles. The summed E-state index contributed by atoms with van der Waals surface area (Å²) in [5.41, 5.74) is 2.26. The Bertz CT molecular complexity index is 862. The number of para-hydroxylation sites is 1. The molecule has 2 unspecified atom stereocenters. The Labute approximate surface area is 154 Å². The molecule has 3 heterocycles. The summed E-state index contributed by atoms with van der Waals surface area (Å²) < 4.78 is 12.7. The maximum Gasteiger partial charge on any atom is 0.245 e. The zero-order valence-corrected chi connectivity index (χ0v) is 15.3. The molecule has 5 rings (SSSR count). The van der Waals surface area contributed by atoms with E-state index in [1.807, 2.05) is 41.3 Å². The fraction of sp³-hybridized carbons (Fsp3) is 0.350. The van der Waals surface area contributed by atoms with Crippen LogP contribution in [0.2, 0.25) is 0 Å². The van der Waals surface area contributed by atoms with E-state index in [0.717, 1.165) is 46.5 Å². The van der Waals surface area contributed by atoms with Crippen molar-refractivity contribution < 1.29 is 14.3 Å². The lowest BCUT2D eigenvalue weighted by Crippen LogP contribution is -2.44. The van der Waals surface area contributed by atoms with E-state index in [9.17, 15) is 4.79 Å². The zero-order valence-electron chi connectivity index (χ0n) is 13.7. The van der Waals surface area contributed by atoms with Crippen LogP contribution in [0.5, 0.6) is 5.75 Å². The van der Waals surface area contributed by atoms with Crippen molar-refractivity contribution >= 4 is 27.5 Å². The van der Waals surface area contributed by atoms with E-state index in [-0.39, 0.29) is 12.0 Å². The Morgan fingerprint density at radius 1 is 1.20 bits per heavy atom. The van der Waals surface area contributed by atoms with E-state index in [2.05, 4.69) is 22.0 Å². The first-order valence-corrected chi connectivity index (χ1v) is 9.45. The quantitative estimate of drug-likeness (QED) is 0.773. The van der Waals surface area contributed by atoms with Crippen LogP contribution in [0.3, 0.4) is 0 Å². The smallest absolute Gasteiger partial charge is 0.245 e. The van der Waals surface area contributed by atoms with Crippen molar-refractivity contribution in [3.63, 3.8) is 0 Å². The van der Waals surface area contributed by atoms with Gasteiger partial charge in [0.05, 0.1) is 12.6 Å². The van der Waals surface area contributed by atoms with Gasteiger partial charge in [0.25, 0.3) is 0 Å². The van der Waals surface area contributed by atoms with Crippen molar-refractivity contribution in [2.24, 2.45) is 0 Å². The average Bonchev–Trinajstić information content (AvgIpc) is 3.31. The number of hydrogen-bond acceptors (Lipinski definition) is 3. The van der Waals surface area contributed by atoms with Gasteiger partial charge < -0.3 is 14.4 Å². The fourth-order valence-corrected chi connectivity index (χ4v) is 4.67. The molecule has 1 amide bonds. The first-order chi connectivity index (χ1) is 12.2. The predicted octanol–water partition coefficient (Wildman–Crippen LogP) is 3.65. The summed E-state index contributed by atoms with van der Waals surface area (Å²) in [6.45, 7) is 1.76. The summed E-state index contributed by atoms with van der Waals surface area (Å²) >= 11 is 3.49. The molecule has 0 saturated carbocycles. The Hall–Kier alpha value is -1.85. The summed E-state index contributed by atoms with van der Waals surface area (Å²) in [4.78, 5) is 15.5. The van der Waals surface area contributed by atoms with Crippen molar-refractivity contribution in [2.75, 3.05) is 24.7 Å². The van der Waals surface area contributed by atoms with Crippen LogP contribution >= 0.6 is 15.9 Å². The summed E-state index contributed by atoms with van der Waals surface area (Å²) in [5, 5.41) is 0. The van der Waals surface area contributed by atoms with Gasteiger partial charge in [0.1, 0.15) is 17.8 Å². The lowest BCUT2D eigenvalue weighted by molar-refractivity contribution is -0.122. The van der Waals surface area contributed by atoms with E-state index in [1.54, 1.807) is 0 Å². The molecule has 2 aromatic carbocycles. The van der Waals surface area contributed by atoms with Crippen LogP contribution in [0.25, 0.3) is 0 Å². The van der Waals surface area contributed by atoms with Gasteiger partial charge in [0.15, 0.2) is 0 Å². The second kappa shape index (κ2) is 5.58. The topological polar surface area (TPSA) is 38.8 Å². The number of carbonyl (C=O) groups is 1. The second-order valence-electron chi connectivity index (χ2n) is 6.90. The fourth-order valence-electron chi connectivity index (χ4n) is 4.33. The maximum atomic E-state index is 13.6. The number of carbonyl (C=O) groups excluding carboxylic acids is 1. The zero-order chi connectivity index (χ0) is 17.0. The van der Waals surface area contributed by atoms with E-state index in [0.29, 0.717) is 13.2 Å². The van der Waals surface area contributed by atoms with Crippen molar-refractivity contribution in [1.29, 1.82) is 0 Å². The molecule has 128 valence electrons. The monoisotopic (exact) mass is 399 g/mol. The Kier molecular flexibility index (Phi) is 3.44. The average molecular weight is 400 g/mol. The third-order valence-corrected chi connectivity index (χ3v) is 6.02. The molecule has 0 aromatic heterocycles. The second-order valence-corrected chi connectivity index (χ2v) is 7.82. The van der Waals surface area contributed by atoms with Crippen LogP contribution in [0.15, 0.2) is 46.9 Å². The van der Waals surface area contributed by atoms with Gasteiger partial charge in [-0.15, -0.1) is 0 Å². The third kappa shape index (κ3) is 2.12. The number of rotatable bonds is 2. The molecule has 0 radical (unpaired) electrons. The number of ether oxygens (including phenoxy) is 2. The summed E-state index contributed by atoms with van der Waals surface area (Å²) in [6.07, 6.45) is 2.21. The first kappa shape index (κ1) is 15.4. The highest BCUT2D eigenvalue weighted by Gasteiger charge is 2.57. The van der Waals surface area contributed by atoms with Crippen LogP contribution in [-0.4, -0.2) is 31.8 Å². The molecule has 4 nitrogen and oxygen atoms in total. The van der Waals surface area contributed by atoms with Gasteiger partial charge in [-0.3, -0.25) is 4.79 Å². The highest BCUT2D eigenvalue weighted by molar-refractivity contribution is 9.10. The van der Waals surface area contributed by atoms with Gasteiger partial charge >= 0.3 is 0 Å². The van der Waals surface area contributed by atoms with E-state index in [1.165, 1.54) is 0 Å². The normalized spacial score (nSPS) is 26.8. The predicted molar refractivity (Wildman–Crippen MR) is 98.2 cm³/mol. The van der Waals surface area contributed by atoms with Gasteiger partial charge in [-0.25, -0.2) is 0 Å². The number of benzene rings is 2. The molecule has 5 heteroatoms. The van der Waals surface area contributed by atoms with Gasteiger partial charge in [0, 0.05) is 22.3 Å². The molecule has 3 aliphatic rings. The highest BCUT2D eigenvalue weighted by atomic mass is 79.9. The van der Waals surface area contributed by atoms with Gasteiger partial charge in [-0.05, 0) is 36.6 Å². The largest absolute Gasteiger partial charge is 0.491 e. The van der Waals surface area contributed by atoms with E-state index in [4.69, 9.17) is 9.47 Å². The lowest BCUT2D eigenvalue weighted by atomic mass is 9.77. The minimum Gasteiger partial charge on any atom is -0.491 e. The van der Waals surface area contributed by atoms with Gasteiger partial charge in [-0.1, -0.05) is 40.2 Å². The molecule has 1 fully saturated rings. The summed E-state index contributed by atoms with van der Waals surface area (Å²) in [7, 11) is 0. The molecular formula is C20H18BrNO3. The summed E-state index contributed by atoms with van der Waals surface area (Å²) in [6, 6.07) is 14.0. The van der Waals surface area contributed by atoms with E-state index < -0.39 is 5.41 Å². The first-order valence-electron chi connectivity index (χ1n) is 8.66. The van der Waals surface area contributed by atoms with Crippen LogP contribution in [0, 0.1) is 0 Å². The lowest BCUT2D eigenvalue weighted by Gasteiger charge is -2.24. The molecule has 0 bridgehead atoms. The van der Waals surface area contributed by atoms with Crippen LogP contribution in [0.1, 0.15) is 24.0 Å². The van der Waals surface area contributed by atoms with Crippen LogP contribution in [0.4, 0.5) is 5.69 Å². The van der Waals surface area contributed by atoms with Crippen molar-refractivity contribution in [3.05, 3.63) is 58.1 Å². The van der Waals surface area contributed by atoms with Crippen LogP contribution < -0.4 is 9.64 Å². The number of amides is 1. The number of fused-ring (bicyclic) bond motifs is 4. The van der Waals surface area contributed by atoms with Gasteiger partial charge in [-0.2, -0.15) is 0 Å². The number of halogens is 1.